The van der Waals surface area contributed by atoms with Crippen LogP contribution in [0.5, 0.6) is 11.5 Å². The molecule has 0 bridgehead atoms. The van der Waals surface area contributed by atoms with Gasteiger partial charge in [0, 0.05) is 4.47 Å². The van der Waals surface area contributed by atoms with Crippen molar-refractivity contribution in [2.45, 2.75) is 0 Å². The van der Waals surface area contributed by atoms with Crippen molar-refractivity contribution in [3.05, 3.63) is 52.5 Å². The van der Waals surface area contributed by atoms with Crippen molar-refractivity contribution >= 4 is 21.6 Å². The Bertz CT molecular complexity index is 560. The zero-order valence-corrected chi connectivity index (χ0v) is 10.2. The molecule has 0 fully saturated rings. The highest BCUT2D eigenvalue weighted by Gasteiger charge is 2.13. The van der Waals surface area contributed by atoms with Gasteiger partial charge in [0.25, 0.3) is 0 Å². The van der Waals surface area contributed by atoms with Gasteiger partial charge in [-0.15, -0.1) is 0 Å². The monoisotopic (exact) mass is 299 g/mol. The fourth-order valence-corrected chi connectivity index (χ4v) is 1.71. The highest BCUT2D eigenvalue weighted by molar-refractivity contribution is 9.10. The third-order valence-corrected chi connectivity index (χ3v) is 2.56. The van der Waals surface area contributed by atoms with E-state index in [1.54, 1.807) is 24.3 Å². The van der Waals surface area contributed by atoms with E-state index in [1.165, 1.54) is 6.07 Å². The summed E-state index contributed by atoms with van der Waals surface area (Å²) in [6.07, 6.45) is 0. The van der Waals surface area contributed by atoms with Crippen LogP contribution >= 0.6 is 15.9 Å². The van der Waals surface area contributed by atoms with E-state index in [0.717, 1.165) is 6.07 Å². The number of hydrogen-bond acceptors (Lipinski definition) is 2. The van der Waals surface area contributed by atoms with E-state index in [9.17, 15) is 8.78 Å². The summed E-state index contributed by atoms with van der Waals surface area (Å²) >= 11 is 3.06. The maximum absolute atomic E-state index is 13.4. The van der Waals surface area contributed by atoms with E-state index in [4.69, 9.17) is 10.5 Å². The Morgan fingerprint density at radius 1 is 1.06 bits per heavy atom. The molecule has 2 N–H and O–H groups in total. The van der Waals surface area contributed by atoms with Crippen molar-refractivity contribution in [1.29, 1.82) is 0 Å². The normalized spacial score (nSPS) is 10.3. The minimum absolute atomic E-state index is 0.213. The smallest absolute Gasteiger partial charge is 0.201 e. The summed E-state index contributed by atoms with van der Waals surface area (Å²) in [6, 6.07) is 8.97. The van der Waals surface area contributed by atoms with Crippen LogP contribution in [0.4, 0.5) is 14.5 Å². The Morgan fingerprint density at radius 2 is 1.76 bits per heavy atom. The lowest BCUT2D eigenvalue weighted by molar-refractivity contribution is 0.416. The number of para-hydroxylation sites is 2. The number of anilines is 1. The first-order valence-electron chi connectivity index (χ1n) is 4.75. The second-order valence-electron chi connectivity index (χ2n) is 3.34. The van der Waals surface area contributed by atoms with Crippen LogP contribution in [0.25, 0.3) is 0 Å². The molecular weight excluding hydrogens is 292 g/mol. The predicted octanol–water partition coefficient (Wildman–Crippen LogP) is 4.10. The lowest BCUT2D eigenvalue weighted by Gasteiger charge is -2.09. The Hall–Kier alpha value is -1.62. The molecular formula is C12H8BrF2NO. The first-order valence-corrected chi connectivity index (χ1v) is 5.54. The van der Waals surface area contributed by atoms with Crippen molar-refractivity contribution in [2.24, 2.45) is 0 Å². The number of benzene rings is 2. The molecule has 0 atom stereocenters. The molecule has 0 unspecified atom stereocenters. The zero-order chi connectivity index (χ0) is 12.4. The Kier molecular flexibility index (Phi) is 3.28. The number of nitrogen functional groups attached to an aromatic ring is 1. The molecule has 5 heteroatoms. The molecule has 2 aromatic rings. The number of nitrogens with two attached hydrogens (primary N) is 1. The third kappa shape index (κ3) is 2.55. The summed E-state index contributed by atoms with van der Waals surface area (Å²) < 4.78 is 32.2. The zero-order valence-electron chi connectivity index (χ0n) is 8.58. The van der Waals surface area contributed by atoms with Gasteiger partial charge in [-0.1, -0.05) is 28.1 Å². The molecule has 0 spiro atoms. The van der Waals surface area contributed by atoms with Crippen LogP contribution in [0.2, 0.25) is 0 Å². The van der Waals surface area contributed by atoms with Crippen molar-refractivity contribution in [3.63, 3.8) is 0 Å². The van der Waals surface area contributed by atoms with Gasteiger partial charge in [0.05, 0.1) is 5.69 Å². The molecule has 2 aromatic carbocycles. The first-order chi connectivity index (χ1) is 8.08. The van der Waals surface area contributed by atoms with Gasteiger partial charge in [-0.2, -0.15) is 4.39 Å². The van der Waals surface area contributed by atoms with E-state index in [0.29, 0.717) is 10.2 Å². The molecule has 0 aromatic heterocycles. The summed E-state index contributed by atoms with van der Waals surface area (Å²) in [6.45, 7) is 0. The summed E-state index contributed by atoms with van der Waals surface area (Å²) in [5.41, 5.74) is 6.00. The third-order valence-electron chi connectivity index (χ3n) is 2.10. The molecule has 0 saturated carbocycles. The van der Waals surface area contributed by atoms with Crippen LogP contribution in [-0.4, -0.2) is 0 Å². The lowest BCUT2D eigenvalue weighted by Crippen LogP contribution is -1.95. The van der Waals surface area contributed by atoms with Gasteiger partial charge >= 0.3 is 0 Å². The quantitative estimate of drug-likeness (QED) is 0.669. The van der Waals surface area contributed by atoms with E-state index in [-0.39, 0.29) is 11.5 Å². The SMILES string of the molecule is Nc1ccccc1Oc1cc(Br)cc(F)c1F. The summed E-state index contributed by atoms with van der Waals surface area (Å²) in [7, 11) is 0. The molecule has 2 nitrogen and oxygen atoms in total. The van der Waals surface area contributed by atoms with Gasteiger partial charge in [-0.3, -0.25) is 0 Å². The molecule has 0 radical (unpaired) electrons. The van der Waals surface area contributed by atoms with Crippen LogP contribution in [0.3, 0.4) is 0 Å². The van der Waals surface area contributed by atoms with E-state index in [2.05, 4.69) is 15.9 Å². The molecule has 2 rings (SSSR count). The van der Waals surface area contributed by atoms with E-state index >= 15 is 0 Å². The van der Waals surface area contributed by atoms with Gasteiger partial charge in [-0.25, -0.2) is 4.39 Å². The molecule has 0 aliphatic carbocycles. The molecule has 0 heterocycles. The Labute approximate surface area is 105 Å². The van der Waals surface area contributed by atoms with Crippen molar-refractivity contribution in [1.82, 2.24) is 0 Å². The number of rotatable bonds is 2. The fourth-order valence-electron chi connectivity index (χ4n) is 1.30. The highest BCUT2D eigenvalue weighted by Crippen LogP contribution is 2.32. The van der Waals surface area contributed by atoms with E-state index in [1.807, 2.05) is 0 Å². The first kappa shape index (κ1) is 11.9. The molecule has 17 heavy (non-hydrogen) atoms. The molecule has 0 aliphatic rings. The van der Waals surface area contributed by atoms with Gasteiger partial charge in [-0.05, 0) is 24.3 Å². The second kappa shape index (κ2) is 4.71. The Balaban J connectivity index is 2.40. The van der Waals surface area contributed by atoms with Crippen LogP contribution in [-0.2, 0) is 0 Å². The molecule has 0 aliphatic heterocycles. The van der Waals surface area contributed by atoms with Crippen LogP contribution in [0, 0.1) is 11.6 Å². The highest BCUT2D eigenvalue weighted by atomic mass is 79.9. The van der Waals surface area contributed by atoms with Crippen LogP contribution in [0.1, 0.15) is 0 Å². The lowest BCUT2D eigenvalue weighted by atomic mass is 10.3. The summed E-state index contributed by atoms with van der Waals surface area (Å²) in [5, 5.41) is 0. The topological polar surface area (TPSA) is 35.2 Å². The number of ether oxygens (including phenoxy) is 1. The minimum atomic E-state index is -1.04. The van der Waals surface area contributed by atoms with Crippen LogP contribution in [0.15, 0.2) is 40.9 Å². The predicted molar refractivity (Wildman–Crippen MR) is 65.0 cm³/mol. The standard InChI is InChI=1S/C12H8BrF2NO/c13-7-5-8(14)12(15)11(6-7)17-10-4-2-1-3-9(10)16/h1-6H,16H2. The average molecular weight is 300 g/mol. The van der Waals surface area contributed by atoms with Gasteiger partial charge < -0.3 is 10.5 Å². The molecule has 88 valence electrons. The average Bonchev–Trinajstić information content (AvgIpc) is 2.28. The summed E-state index contributed by atoms with van der Waals surface area (Å²) in [5.74, 6) is -1.96. The fraction of sp³-hybridized carbons (Fsp3) is 0. The maximum Gasteiger partial charge on any atom is 0.201 e. The second-order valence-corrected chi connectivity index (χ2v) is 4.26. The minimum Gasteiger partial charge on any atom is -0.452 e. The van der Waals surface area contributed by atoms with Crippen molar-refractivity contribution in [3.8, 4) is 11.5 Å². The number of halogens is 3. The molecule has 0 saturated heterocycles. The van der Waals surface area contributed by atoms with Crippen LogP contribution < -0.4 is 10.5 Å². The van der Waals surface area contributed by atoms with Crippen molar-refractivity contribution in [2.75, 3.05) is 5.73 Å². The Morgan fingerprint density at radius 3 is 2.47 bits per heavy atom. The maximum atomic E-state index is 13.4. The van der Waals surface area contributed by atoms with Gasteiger partial charge in [0.2, 0.25) is 5.82 Å². The largest absolute Gasteiger partial charge is 0.452 e. The van der Waals surface area contributed by atoms with Crippen molar-refractivity contribution < 1.29 is 13.5 Å². The van der Waals surface area contributed by atoms with Gasteiger partial charge in [0.1, 0.15) is 5.75 Å². The number of hydrogen-bond donors (Lipinski definition) is 1. The van der Waals surface area contributed by atoms with Gasteiger partial charge in [0.15, 0.2) is 11.6 Å². The summed E-state index contributed by atoms with van der Waals surface area (Å²) in [4.78, 5) is 0. The molecule has 0 amide bonds. The van der Waals surface area contributed by atoms with E-state index < -0.39 is 11.6 Å².